The van der Waals surface area contributed by atoms with Crippen LogP contribution in [0.1, 0.15) is 5.56 Å². The molecule has 3 aromatic carbocycles. The number of carbonyl (C=O) groups is 1. The third-order valence-electron chi connectivity index (χ3n) is 4.64. The molecule has 1 amide bonds. The summed E-state index contributed by atoms with van der Waals surface area (Å²) in [5.41, 5.74) is 1.09. The normalized spacial score (nSPS) is 12.2. The van der Waals surface area contributed by atoms with Gasteiger partial charge >= 0.3 is 0 Å². The number of para-hydroxylation sites is 1. The molecule has 4 aromatic rings. The molecule has 4 rings (SSSR count). The first kappa shape index (κ1) is 22.4. The number of thiazole rings is 1. The first-order valence-electron chi connectivity index (χ1n) is 9.72. The zero-order valence-electron chi connectivity index (χ0n) is 17.0. The summed E-state index contributed by atoms with van der Waals surface area (Å²) in [6, 6.07) is 23.4. The van der Waals surface area contributed by atoms with Crippen LogP contribution in [0, 0.1) is 17.1 Å². The molecule has 162 valence electrons. The molecule has 1 N–H and O–H groups in total. The lowest BCUT2D eigenvalue weighted by molar-refractivity contribution is -0.111. The quantitative estimate of drug-likeness (QED) is 0.443. The topological polar surface area (TPSA) is 74.9 Å². The minimum absolute atomic E-state index is 0.203. The first-order chi connectivity index (χ1) is 16.0. The van der Waals surface area contributed by atoms with E-state index in [4.69, 9.17) is 0 Å². The first-order valence-corrected chi connectivity index (χ1v) is 11.3. The van der Waals surface area contributed by atoms with E-state index in [-0.39, 0.29) is 15.8 Å². The Morgan fingerprint density at radius 3 is 2.45 bits per heavy atom. The van der Waals surface area contributed by atoms with Crippen molar-refractivity contribution >= 4 is 50.5 Å². The number of benzene rings is 3. The molecule has 1 heterocycles. The van der Waals surface area contributed by atoms with Crippen LogP contribution in [0.2, 0.25) is 0 Å². The summed E-state index contributed by atoms with van der Waals surface area (Å²) in [6.45, 7) is 0. The maximum Gasteiger partial charge on any atom is 0.273 e. The van der Waals surface area contributed by atoms with Crippen LogP contribution in [-0.4, -0.2) is 10.5 Å². The molecule has 0 radical (unpaired) electrons. The molecule has 0 aliphatic heterocycles. The molecule has 0 bridgehead atoms. The average molecular weight is 520 g/mol. The SMILES string of the molecule is N#C/C(C(=O)Nc1ccc(F)cc1)=c1/s/c(=C/c2cccc(Br)c2)c(=O)n1-c1ccccc1. The summed E-state index contributed by atoms with van der Waals surface area (Å²) < 4.78 is 16.0. The summed E-state index contributed by atoms with van der Waals surface area (Å²) in [5.74, 6) is -1.13. The molecule has 0 aliphatic rings. The number of aromatic nitrogens is 1. The molecule has 0 aliphatic carbocycles. The molecule has 0 fully saturated rings. The van der Waals surface area contributed by atoms with Crippen molar-refractivity contribution in [1.29, 1.82) is 5.26 Å². The van der Waals surface area contributed by atoms with Crippen molar-refractivity contribution in [3.63, 3.8) is 0 Å². The standard InChI is InChI=1S/C25H15BrFN3O2S/c26-17-6-4-5-16(13-17)14-22-24(32)30(20-7-2-1-3-8-20)25(33-22)21(15-28)23(31)29-19-11-9-18(27)10-12-19/h1-14H,(H,29,31)/b22-14+,25-21-. The van der Waals surface area contributed by atoms with Gasteiger partial charge in [-0.15, -0.1) is 11.3 Å². The van der Waals surface area contributed by atoms with Gasteiger partial charge in [0.2, 0.25) is 0 Å². The summed E-state index contributed by atoms with van der Waals surface area (Å²) in [7, 11) is 0. The Morgan fingerprint density at radius 2 is 1.79 bits per heavy atom. The molecule has 0 atom stereocenters. The molecule has 0 spiro atoms. The number of nitrogens with zero attached hydrogens (tertiary/aromatic N) is 2. The Bertz CT molecular complexity index is 1550. The van der Waals surface area contributed by atoms with E-state index in [1.165, 1.54) is 28.8 Å². The van der Waals surface area contributed by atoms with Crippen LogP contribution < -0.4 is 20.1 Å². The average Bonchev–Trinajstić information content (AvgIpc) is 3.12. The van der Waals surface area contributed by atoms with E-state index in [1.807, 2.05) is 36.4 Å². The third-order valence-corrected chi connectivity index (χ3v) is 6.22. The number of halogens is 2. The largest absolute Gasteiger partial charge is 0.321 e. The van der Waals surface area contributed by atoms with Crippen molar-refractivity contribution in [2.45, 2.75) is 0 Å². The van der Waals surface area contributed by atoms with Gasteiger partial charge in [0.15, 0.2) is 5.57 Å². The highest BCUT2D eigenvalue weighted by atomic mass is 79.9. The number of anilines is 1. The van der Waals surface area contributed by atoms with Gasteiger partial charge in [-0.05, 0) is 60.2 Å². The number of nitrogens with one attached hydrogen (secondary N) is 1. The van der Waals surface area contributed by atoms with Crippen LogP contribution in [0.4, 0.5) is 10.1 Å². The van der Waals surface area contributed by atoms with E-state index in [0.29, 0.717) is 15.9 Å². The van der Waals surface area contributed by atoms with Crippen molar-refractivity contribution in [3.05, 3.63) is 114 Å². The lowest BCUT2D eigenvalue weighted by atomic mass is 10.2. The minimum atomic E-state index is -0.691. The molecular weight excluding hydrogens is 505 g/mol. The van der Waals surface area contributed by atoms with Gasteiger partial charge in [0.1, 0.15) is 16.5 Å². The minimum Gasteiger partial charge on any atom is -0.321 e. The Morgan fingerprint density at radius 1 is 1.06 bits per heavy atom. The number of nitriles is 1. The van der Waals surface area contributed by atoms with Gasteiger partial charge in [0, 0.05) is 10.2 Å². The predicted molar refractivity (Wildman–Crippen MR) is 131 cm³/mol. The van der Waals surface area contributed by atoms with E-state index in [9.17, 15) is 19.2 Å². The summed E-state index contributed by atoms with van der Waals surface area (Å²) in [5, 5.41) is 12.4. The number of amides is 1. The van der Waals surface area contributed by atoms with Gasteiger partial charge in [0.25, 0.3) is 11.5 Å². The monoisotopic (exact) mass is 519 g/mol. The summed E-state index contributed by atoms with van der Waals surface area (Å²) in [6.07, 6.45) is 1.72. The molecule has 0 saturated heterocycles. The smallest absolute Gasteiger partial charge is 0.273 e. The second-order valence-corrected chi connectivity index (χ2v) is 8.84. The molecule has 33 heavy (non-hydrogen) atoms. The van der Waals surface area contributed by atoms with Crippen molar-refractivity contribution < 1.29 is 9.18 Å². The van der Waals surface area contributed by atoms with E-state index in [1.54, 1.807) is 30.3 Å². The van der Waals surface area contributed by atoms with E-state index in [0.717, 1.165) is 21.4 Å². The predicted octanol–water partition coefficient (Wildman–Crippen LogP) is 3.94. The van der Waals surface area contributed by atoms with Crippen LogP contribution in [0.15, 0.2) is 88.1 Å². The number of rotatable bonds is 4. The van der Waals surface area contributed by atoms with Crippen molar-refractivity contribution in [2.75, 3.05) is 5.32 Å². The van der Waals surface area contributed by atoms with Crippen LogP contribution in [0.25, 0.3) is 17.3 Å². The van der Waals surface area contributed by atoms with Crippen LogP contribution >= 0.6 is 27.3 Å². The van der Waals surface area contributed by atoms with Crippen LogP contribution in [-0.2, 0) is 4.79 Å². The zero-order chi connectivity index (χ0) is 23.4. The second kappa shape index (κ2) is 9.77. The Balaban J connectivity index is 1.94. The van der Waals surface area contributed by atoms with Gasteiger partial charge in [-0.3, -0.25) is 14.2 Å². The lowest BCUT2D eigenvalue weighted by Gasteiger charge is -2.05. The molecule has 0 unspecified atom stereocenters. The summed E-state index contributed by atoms with van der Waals surface area (Å²) in [4.78, 5) is 26.3. The van der Waals surface area contributed by atoms with E-state index < -0.39 is 11.7 Å². The second-order valence-electron chi connectivity index (χ2n) is 6.89. The molecule has 5 nitrogen and oxygen atoms in total. The highest BCUT2D eigenvalue weighted by Gasteiger charge is 2.17. The molecule has 0 saturated carbocycles. The van der Waals surface area contributed by atoms with Gasteiger partial charge in [-0.25, -0.2) is 4.39 Å². The van der Waals surface area contributed by atoms with Crippen LogP contribution in [0.3, 0.4) is 0 Å². The number of hydrogen-bond acceptors (Lipinski definition) is 4. The van der Waals surface area contributed by atoms with Gasteiger partial charge in [-0.1, -0.05) is 46.3 Å². The fourth-order valence-electron chi connectivity index (χ4n) is 3.13. The molecule has 8 heteroatoms. The number of hydrogen-bond donors (Lipinski definition) is 1. The highest BCUT2D eigenvalue weighted by molar-refractivity contribution is 9.10. The third kappa shape index (κ3) is 5.00. The Labute approximate surface area is 200 Å². The highest BCUT2D eigenvalue weighted by Crippen LogP contribution is 2.13. The molecule has 1 aromatic heterocycles. The van der Waals surface area contributed by atoms with Gasteiger partial charge < -0.3 is 5.32 Å². The fraction of sp³-hybridized carbons (Fsp3) is 0. The number of carbonyl (C=O) groups excluding carboxylic acids is 1. The van der Waals surface area contributed by atoms with Gasteiger partial charge in [0.05, 0.1) is 10.2 Å². The van der Waals surface area contributed by atoms with Crippen molar-refractivity contribution in [1.82, 2.24) is 4.57 Å². The fourth-order valence-corrected chi connectivity index (χ4v) is 4.65. The zero-order valence-corrected chi connectivity index (χ0v) is 19.4. The summed E-state index contributed by atoms with van der Waals surface area (Å²) >= 11 is 4.47. The maximum atomic E-state index is 13.4. The van der Waals surface area contributed by atoms with E-state index in [2.05, 4.69) is 21.2 Å². The lowest BCUT2D eigenvalue weighted by Crippen LogP contribution is -2.32. The van der Waals surface area contributed by atoms with Crippen molar-refractivity contribution in [3.8, 4) is 11.8 Å². The van der Waals surface area contributed by atoms with Gasteiger partial charge in [-0.2, -0.15) is 5.26 Å². The van der Waals surface area contributed by atoms with E-state index >= 15 is 0 Å². The Kier molecular flexibility index (Phi) is 6.63. The molecular formula is C25H15BrFN3O2S. The van der Waals surface area contributed by atoms with Crippen molar-refractivity contribution in [2.24, 2.45) is 0 Å². The van der Waals surface area contributed by atoms with Crippen LogP contribution in [0.5, 0.6) is 0 Å². The maximum absolute atomic E-state index is 13.4. The Hall–Kier alpha value is -3.80.